The first-order chi connectivity index (χ1) is 10.1. The van der Waals surface area contributed by atoms with Gasteiger partial charge in [0.1, 0.15) is 6.04 Å². The molecule has 2 aromatic carbocycles. The summed E-state index contributed by atoms with van der Waals surface area (Å²) < 4.78 is 4.18. The number of alkyl halides is 3. The molecule has 21 heavy (non-hydrogen) atoms. The molecule has 2 unspecified atom stereocenters. The van der Waals surface area contributed by atoms with Gasteiger partial charge in [-0.2, -0.15) is 0 Å². The molecule has 0 aromatic heterocycles. The van der Waals surface area contributed by atoms with Gasteiger partial charge in [-0.3, -0.25) is 0 Å². The number of halogens is 3. The van der Waals surface area contributed by atoms with E-state index in [0.717, 1.165) is 11.1 Å². The Balaban J connectivity index is 2.00. The molecule has 0 fully saturated rings. The van der Waals surface area contributed by atoms with Crippen LogP contribution in [0.25, 0.3) is 0 Å². The molecule has 0 bridgehead atoms. The van der Waals surface area contributed by atoms with Crippen LogP contribution in [-0.4, -0.2) is 9.69 Å². The molecule has 0 spiro atoms. The van der Waals surface area contributed by atoms with E-state index in [1.54, 1.807) is 0 Å². The van der Waals surface area contributed by atoms with Gasteiger partial charge in [0.15, 0.2) is 6.10 Å². The lowest BCUT2D eigenvalue weighted by molar-refractivity contribution is 0.193. The fourth-order valence-electron chi connectivity index (χ4n) is 2.34. The summed E-state index contributed by atoms with van der Waals surface area (Å²) in [6.45, 7) is 0. The Morgan fingerprint density at radius 3 is 1.86 bits per heavy atom. The van der Waals surface area contributed by atoms with E-state index in [1.807, 2.05) is 60.7 Å². The summed E-state index contributed by atoms with van der Waals surface area (Å²) in [5, 5.41) is 0. The molecular formula is C16H12Cl3NO. The standard InChI is InChI=1S/C16H12Cl3NO/c17-16(18,19)15-20-13(11-7-3-1-4-8-11)14(21-15)12-9-5-2-6-10-12/h1-10,13-14H. The van der Waals surface area contributed by atoms with Crippen LogP contribution in [0, 0.1) is 0 Å². The molecule has 0 amide bonds. The van der Waals surface area contributed by atoms with Crippen LogP contribution >= 0.6 is 34.8 Å². The van der Waals surface area contributed by atoms with Crippen LogP contribution < -0.4 is 0 Å². The van der Waals surface area contributed by atoms with E-state index >= 15 is 0 Å². The molecule has 1 aliphatic rings. The summed E-state index contributed by atoms with van der Waals surface area (Å²) in [4.78, 5) is 4.49. The van der Waals surface area contributed by atoms with Crippen molar-refractivity contribution in [2.75, 3.05) is 0 Å². The number of rotatable bonds is 2. The smallest absolute Gasteiger partial charge is 0.266 e. The van der Waals surface area contributed by atoms with E-state index < -0.39 is 3.79 Å². The van der Waals surface area contributed by atoms with E-state index in [9.17, 15) is 0 Å². The molecule has 2 aromatic rings. The Bertz CT molecular complexity index is 638. The maximum Gasteiger partial charge on any atom is 0.266 e. The van der Waals surface area contributed by atoms with E-state index in [4.69, 9.17) is 39.5 Å². The number of benzene rings is 2. The van der Waals surface area contributed by atoms with Crippen molar-refractivity contribution in [3.63, 3.8) is 0 Å². The van der Waals surface area contributed by atoms with Crippen molar-refractivity contribution in [1.82, 2.24) is 0 Å². The Hall–Kier alpha value is -1.22. The Kier molecular flexibility index (Phi) is 4.12. The molecule has 2 atom stereocenters. The van der Waals surface area contributed by atoms with Crippen LogP contribution in [0.2, 0.25) is 0 Å². The highest BCUT2D eigenvalue weighted by molar-refractivity contribution is 6.76. The van der Waals surface area contributed by atoms with Gasteiger partial charge in [0.05, 0.1) is 0 Å². The third kappa shape index (κ3) is 3.18. The fourth-order valence-corrected chi connectivity index (χ4v) is 2.62. The highest BCUT2D eigenvalue weighted by Gasteiger charge is 2.41. The highest BCUT2D eigenvalue weighted by Crippen LogP contribution is 2.44. The zero-order valence-electron chi connectivity index (χ0n) is 10.9. The van der Waals surface area contributed by atoms with Crippen LogP contribution in [0.3, 0.4) is 0 Å². The molecule has 0 N–H and O–H groups in total. The van der Waals surface area contributed by atoms with Crippen LogP contribution in [-0.2, 0) is 4.74 Å². The largest absolute Gasteiger partial charge is 0.467 e. The van der Waals surface area contributed by atoms with E-state index in [0.29, 0.717) is 0 Å². The summed E-state index contributed by atoms with van der Waals surface area (Å²) in [5.41, 5.74) is 2.02. The quantitative estimate of drug-likeness (QED) is 0.683. The number of aliphatic imine (C=N–C) groups is 1. The van der Waals surface area contributed by atoms with E-state index in [2.05, 4.69) is 4.99 Å². The minimum atomic E-state index is -1.66. The van der Waals surface area contributed by atoms with Crippen LogP contribution in [0.1, 0.15) is 23.3 Å². The molecule has 0 aliphatic carbocycles. The van der Waals surface area contributed by atoms with Crippen LogP contribution in [0.4, 0.5) is 0 Å². The maximum atomic E-state index is 5.92. The van der Waals surface area contributed by atoms with Gasteiger partial charge < -0.3 is 4.74 Å². The van der Waals surface area contributed by atoms with E-state index in [1.165, 1.54) is 0 Å². The molecule has 0 saturated heterocycles. The second kappa shape index (κ2) is 5.88. The minimum absolute atomic E-state index is 0.134. The monoisotopic (exact) mass is 339 g/mol. The average Bonchev–Trinajstić information content (AvgIpc) is 2.94. The molecule has 5 heteroatoms. The van der Waals surface area contributed by atoms with Crippen molar-refractivity contribution in [3.8, 4) is 0 Å². The van der Waals surface area contributed by atoms with Gasteiger partial charge in [0, 0.05) is 0 Å². The maximum absolute atomic E-state index is 5.92. The first kappa shape index (κ1) is 14.7. The summed E-state index contributed by atoms with van der Waals surface area (Å²) in [5.74, 6) is 0.134. The summed E-state index contributed by atoms with van der Waals surface area (Å²) in [6, 6.07) is 19.5. The lowest BCUT2D eigenvalue weighted by atomic mass is 9.97. The van der Waals surface area contributed by atoms with Crippen molar-refractivity contribution >= 4 is 40.7 Å². The first-order valence-corrected chi connectivity index (χ1v) is 7.60. The van der Waals surface area contributed by atoms with Crippen molar-refractivity contribution in [3.05, 3.63) is 71.8 Å². The first-order valence-electron chi connectivity index (χ1n) is 6.47. The summed E-state index contributed by atoms with van der Waals surface area (Å²) in [7, 11) is 0. The van der Waals surface area contributed by atoms with Gasteiger partial charge in [-0.25, -0.2) is 4.99 Å². The predicted molar refractivity (Wildman–Crippen MR) is 87.2 cm³/mol. The molecule has 0 radical (unpaired) electrons. The van der Waals surface area contributed by atoms with Gasteiger partial charge in [0.25, 0.3) is 3.79 Å². The summed E-state index contributed by atoms with van der Waals surface area (Å²) in [6.07, 6.45) is -0.292. The Morgan fingerprint density at radius 2 is 1.33 bits per heavy atom. The molecule has 3 rings (SSSR count). The molecular weight excluding hydrogens is 329 g/mol. The van der Waals surface area contributed by atoms with Crippen molar-refractivity contribution in [1.29, 1.82) is 0 Å². The topological polar surface area (TPSA) is 21.6 Å². The Morgan fingerprint density at radius 1 is 0.810 bits per heavy atom. The fraction of sp³-hybridized carbons (Fsp3) is 0.188. The van der Waals surface area contributed by atoms with Crippen molar-refractivity contribution in [2.24, 2.45) is 4.99 Å². The van der Waals surface area contributed by atoms with Gasteiger partial charge >= 0.3 is 0 Å². The number of hydrogen-bond donors (Lipinski definition) is 0. The second-order valence-electron chi connectivity index (χ2n) is 4.74. The van der Waals surface area contributed by atoms with Crippen molar-refractivity contribution < 1.29 is 4.74 Å². The van der Waals surface area contributed by atoms with Gasteiger partial charge in [-0.05, 0) is 11.1 Å². The lowest BCUT2D eigenvalue weighted by Crippen LogP contribution is -2.20. The molecule has 1 heterocycles. The Labute approximate surface area is 138 Å². The minimum Gasteiger partial charge on any atom is -0.467 e. The SMILES string of the molecule is ClC(Cl)(Cl)C1=NC(c2ccccc2)C(c2ccccc2)O1. The van der Waals surface area contributed by atoms with Gasteiger partial charge in [-0.15, -0.1) is 0 Å². The summed E-state index contributed by atoms with van der Waals surface area (Å²) >= 11 is 17.8. The third-order valence-corrected chi connectivity index (χ3v) is 3.78. The molecule has 2 nitrogen and oxygen atoms in total. The zero-order chi connectivity index (χ0) is 14.9. The molecule has 108 valence electrons. The zero-order valence-corrected chi connectivity index (χ0v) is 13.2. The van der Waals surface area contributed by atoms with E-state index in [-0.39, 0.29) is 18.0 Å². The second-order valence-corrected chi connectivity index (χ2v) is 7.02. The average molecular weight is 341 g/mol. The number of ether oxygens (including phenoxy) is 1. The van der Waals surface area contributed by atoms with Crippen molar-refractivity contribution in [2.45, 2.75) is 15.9 Å². The lowest BCUT2D eigenvalue weighted by Gasteiger charge is -2.19. The van der Waals surface area contributed by atoms with Crippen LogP contribution in [0.5, 0.6) is 0 Å². The number of hydrogen-bond acceptors (Lipinski definition) is 2. The van der Waals surface area contributed by atoms with Gasteiger partial charge in [-0.1, -0.05) is 95.5 Å². The molecule has 1 aliphatic heterocycles. The normalized spacial score (nSPS) is 21.8. The number of nitrogens with zero attached hydrogens (tertiary/aromatic N) is 1. The highest BCUT2D eigenvalue weighted by atomic mass is 35.6. The van der Waals surface area contributed by atoms with Crippen LogP contribution in [0.15, 0.2) is 65.7 Å². The molecule has 0 saturated carbocycles. The third-order valence-electron chi connectivity index (χ3n) is 3.29. The predicted octanol–water partition coefficient (Wildman–Crippen LogP) is 5.27. The van der Waals surface area contributed by atoms with Gasteiger partial charge in [0.2, 0.25) is 5.90 Å².